The number of tetrazole rings is 1. The molecule has 0 spiro atoms. The van der Waals surface area contributed by atoms with E-state index < -0.39 is 0 Å². The second kappa shape index (κ2) is 58.9. The lowest BCUT2D eigenvalue weighted by Crippen LogP contribution is -2.12. The highest BCUT2D eigenvalue weighted by Gasteiger charge is 2.28. The number of nitrogens with one attached hydrogen (secondary N) is 3. The van der Waals surface area contributed by atoms with Gasteiger partial charge in [-0.3, -0.25) is 24.7 Å². The number of hydrogen-bond acceptors (Lipinski definition) is 34. The molecule has 0 unspecified atom stereocenters. The van der Waals surface area contributed by atoms with Crippen LogP contribution in [0.15, 0.2) is 189 Å². The summed E-state index contributed by atoms with van der Waals surface area (Å²) in [5.41, 5.74) is 25.9. The summed E-state index contributed by atoms with van der Waals surface area (Å²) in [6.45, 7) is 61.8. The molecule has 0 bridgehead atoms. The quantitative estimate of drug-likeness (QED) is 0.119. The Bertz CT molecular complexity index is 6310. The van der Waals surface area contributed by atoms with Crippen molar-refractivity contribution < 1.29 is 31.6 Å². The molecule has 4 aromatic carbocycles. The molecule has 0 radical (unpaired) electrons. The van der Waals surface area contributed by atoms with Crippen LogP contribution >= 0.6 is 11.3 Å². The fraction of sp³-hybridized carbons (Fsp3) is 0.379. The number of Topliss-reactive ketones (excluding diaryl/α,β-unsaturated/α-hetero) is 1. The maximum absolute atomic E-state index is 11.6. The molecule has 143 heavy (non-hydrogen) atoms. The van der Waals surface area contributed by atoms with Gasteiger partial charge in [0.25, 0.3) is 0 Å². The van der Waals surface area contributed by atoms with Crippen molar-refractivity contribution in [2.24, 2.45) is 32.1 Å². The second-order valence-corrected chi connectivity index (χ2v) is 34.9. The van der Waals surface area contributed by atoms with Gasteiger partial charge in [-0.25, -0.2) is 49.8 Å². The zero-order valence-electron chi connectivity index (χ0n) is 89.0. The van der Waals surface area contributed by atoms with Crippen LogP contribution in [0.1, 0.15) is 210 Å². The molecule has 15 aromatic heterocycles. The number of anilines is 1. The number of aromatic amines is 3. The summed E-state index contributed by atoms with van der Waals surface area (Å²) in [6, 6.07) is 26.1. The molecule has 39 nitrogen and oxygen atoms in total. The number of aromatic nitrogens is 30. The average Bonchev–Trinajstić information content (AvgIpc) is 1.63. The third-order valence-corrected chi connectivity index (χ3v) is 20.6. The standard InChI is InChI=1S/C11H11NO.C10H15N.C9H10N2.2C9H9NO.2C6H8N2.C5H8N2.2C5H7NO.C5H7NS.3C4H7N3.2C4H6N2O.C3H6N4/c1-7-4-5-10-9(6-7)11(13)8(2)12(10)3;1-7-3-4-10-9(5-7)6-8(2)11-10;1-6-3-4-8-9(5-6)11-7(2)10-8;1-6-3-4-9-8(5-6)10-7(2)11-9;1-6-3-4-8-7(2)10-11-9(8)5-6;1-5-3-7-6(2)8-4-5;1-5-3-4-7-6(2)8-5;1-4-3-6-7-5(4)2;1-4-3-7-5(2)6-4;1-4-3-6-7-5(4)2;1-4-3-7-5(2)6-4;1-4-5-3-7(2)6-4;1-4-3-5-7(2)6-4;1-3-5-4(2)7-6-3;1-3-5-6-4(2)7-3;1-3-5-4(2)7-6-3;1-3-4-6-7(2)5-3/h4-6H,2H2,1,3H3;7H,3-6H2,1-2H3;3-5H,1-2H3,(H,10,11);2*3-5H,1-2H3;2*3-4H,1-2H3;3H,1-2H3,(H,6,7);5*3H,1-2H3;1-2H3,(H,5,6,7);3*1-2H3/t;7-;;;;;;;;;;;;;;;/m.0.............../s1. The van der Waals surface area contributed by atoms with Gasteiger partial charge in [0.15, 0.2) is 34.6 Å². The van der Waals surface area contributed by atoms with Crippen LogP contribution < -0.4 is 4.90 Å². The maximum Gasteiger partial charge on any atom is 0.223 e. The van der Waals surface area contributed by atoms with Crippen LogP contribution in [0, 0.1) is 200 Å². The van der Waals surface area contributed by atoms with Crippen LogP contribution in [0.3, 0.4) is 0 Å². The van der Waals surface area contributed by atoms with E-state index in [1.807, 2.05) is 251 Å². The predicted molar refractivity (Wildman–Crippen MR) is 556 cm³/mol. The first-order valence-electron chi connectivity index (χ1n) is 46.0. The molecule has 17 heterocycles. The summed E-state index contributed by atoms with van der Waals surface area (Å²) >= 11 is 1.69. The molecule has 3 N–H and O–H groups in total. The van der Waals surface area contributed by atoms with Crippen LogP contribution in [-0.2, 0) is 21.1 Å². The fourth-order valence-electron chi connectivity index (χ4n) is 12.5. The van der Waals surface area contributed by atoms with Gasteiger partial charge in [-0.15, -0.1) is 31.7 Å². The smallest absolute Gasteiger partial charge is 0.223 e. The minimum absolute atomic E-state index is 0.0428. The van der Waals surface area contributed by atoms with E-state index in [0.717, 1.165) is 159 Å². The van der Waals surface area contributed by atoms with Crippen LogP contribution in [0.25, 0.3) is 33.1 Å². The first kappa shape index (κ1) is 116. The van der Waals surface area contributed by atoms with Crippen molar-refractivity contribution in [2.75, 3.05) is 11.9 Å². The Morgan fingerprint density at radius 1 is 0.490 bits per heavy atom. The number of benzene rings is 4. The third-order valence-electron chi connectivity index (χ3n) is 19.7. The molecule has 2 aliphatic heterocycles. The molecule has 3 aliphatic rings. The lowest BCUT2D eigenvalue weighted by Gasteiger charge is -2.18. The topological polar surface area (TPSA) is 483 Å². The summed E-state index contributed by atoms with van der Waals surface area (Å²) in [5, 5.41) is 58.2. The number of allylic oxidation sites excluding steroid dienone is 3. The Kier molecular flexibility index (Phi) is 47.7. The highest BCUT2D eigenvalue weighted by molar-refractivity contribution is 7.09. The average molecular weight is 1970 g/mol. The first-order valence-corrected chi connectivity index (χ1v) is 46.8. The van der Waals surface area contributed by atoms with Gasteiger partial charge < -0.3 is 36.7 Å². The minimum atomic E-state index is 0.0428. The van der Waals surface area contributed by atoms with Gasteiger partial charge in [0, 0.05) is 131 Å². The summed E-state index contributed by atoms with van der Waals surface area (Å²) in [7, 11) is 7.24. The van der Waals surface area contributed by atoms with Crippen LogP contribution in [0.4, 0.5) is 5.69 Å². The number of hydrogen-bond donors (Lipinski definition) is 3. The number of thiazole rings is 1. The maximum atomic E-state index is 11.6. The highest BCUT2D eigenvalue weighted by atomic mass is 32.1. The van der Waals surface area contributed by atoms with Crippen molar-refractivity contribution in [3.63, 3.8) is 0 Å². The summed E-state index contributed by atoms with van der Waals surface area (Å²) in [4.78, 5) is 68.3. The molecular formula is C103H138N32O7S. The SMILES string of the molecule is C=C1C(=O)c2cc(C)ccc2N1C.CC1=NC2=C(C1)C[C@@H](C)CC2.Cc1ccc2c(C)noc2c1.Cc1ccc2nc(C)[nH]c2c1.Cc1ccc2oc(C)nc2c1.Cc1ccnc(C)n1.Cc1cn[nH]c1C.Cc1cnc(C)nc1.Cc1cnn(C)n1.Cc1cnoc1C.Cc1coc(C)n1.Cc1csc(C)n1.Cc1n[nH]c(C)n1.Cc1ncn(C)n1.Cc1nnc(C)o1.Cc1nnn(C)n1.Cc1noc(C)n1. The highest BCUT2D eigenvalue weighted by Crippen LogP contribution is 2.36. The molecule has 758 valence electrons. The molecular weight excluding hydrogens is 1830 g/mol. The van der Waals surface area contributed by atoms with Crippen molar-refractivity contribution in [1.29, 1.82) is 0 Å². The zero-order valence-corrected chi connectivity index (χ0v) is 89.9. The van der Waals surface area contributed by atoms with Gasteiger partial charge in [-0.2, -0.15) is 40.1 Å². The Hall–Kier alpha value is -15.9. The van der Waals surface area contributed by atoms with E-state index in [1.165, 1.54) is 68.9 Å². The number of carbonyl (C=O) groups is 1. The van der Waals surface area contributed by atoms with Crippen molar-refractivity contribution in [2.45, 2.75) is 233 Å². The molecule has 19 aromatic rings. The van der Waals surface area contributed by atoms with Crippen molar-refractivity contribution in [3.8, 4) is 0 Å². The van der Waals surface area contributed by atoms with E-state index in [0.29, 0.717) is 35.0 Å². The number of ketones is 1. The van der Waals surface area contributed by atoms with E-state index in [-0.39, 0.29) is 5.78 Å². The lowest BCUT2D eigenvalue weighted by molar-refractivity contribution is 0.104. The Labute approximate surface area is 839 Å². The van der Waals surface area contributed by atoms with E-state index >= 15 is 0 Å². The minimum Gasteiger partial charge on any atom is -0.449 e. The summed E-state index contributed by atoms with van der Waals surface area (Å²) < 4.78 is 31.1. The largest absolute Gasteiger partial charge is 0.449 e. The van der Waals surface area contributed by atoms with Gasteiger partial charge >= 0.3 is 0 Å². The van der Waals surface area contributed by atoms with Gasteiger partial charge in [0.1, 0.15) is 58.8 Å². The van der Waals surface area contributed by atoms with Crippen LogP contribution in [0.5, 0.6) is 0 Å². The molecule has 0 fully saturated rings. The zero-order chi connectivity index (χ0) is 106. The predicted octanol–water partition coefficient (Wildman–Crippen LogP) is 21.3. The number of likely N-dealkylation sites (N-methyl/N-ethyl adjacent to an activating group) is 1. The number of oxazole rings is 2. The molecule has 1 atom stereocenters. The molecule has 0 saturated carbocycles. The summed E-state index contributed by atoms with van der Waals surface area (Å²) in [6.07, 6.45) is 19.0. The number of nitrogens with zero attached hydrogens (tertiary/aromatic N) is 29. The number of carbonyl (C=O) groups excluding carboxylic acids is 1. The van der Waals surface area contributed by atoms with E-state index in [4.69, 9.17) is 22.3 Å². The molecule has 1 aliphatic carbocycles. The lowest BCUT2D eigenvalue weighted by atomic mass is 9.88. The van der Waals surface area contributed by atoms with E-state index in [1.54, 1.807) is 101 Å². The number of aryl methyl sites for hydroxylation is 31. The van der Waals surface area contributed by atoms with Crippen LogP contribution in [-0.4, -0.2) is 169 Å². The monoisotopic (exact) mass is 1970 g/mol. The van der Waals surface area contributed by atoms with Crippen molar-refractivity contribution >= 4 is 61.6 Å². The fourth-order valence-corrected chi connectivity index (χ4v) is 13.1. The van der Waals surface area contributed by atoms with Crippen molar-refractivity contribution in [3.05, 3.63) is 323 Å². The van der Waals surface area contributed by atoms with Gasteiger partial charge in [-0.05, 0) is 285 Å². The molecule has 40 heteroatoms. The first-order chi connectivity index (χ1) is 67.6. The van der Waals surface area contributed by atoms with E-state index in [2.05, 4.69) is 197 Å². The number of rotatable bonds is 0. The van der Waals surface area contributed by atoms with Crippen LogP contribution in [0.2, 0.25) is 0 Å². The number of imidazole rings is 1. The Morgan fingerprint density at radius 3 is 1.59 bits per heavy atom. The second-order valence-electron chi connectivity index (χ2n) is 33.8. The number of fused-ring (bicyclic) bond motifs is 4. The van der Waals surface area contributed by atoms with Gasteiger partial charge in [0.2, 0.25) is 23.5 Å². The molecule has 22 rings (SSSR count). The normalized spacial score (nSPS) is 11.8. The molecule has 0 saturated heterocycles. The third kappa shape index (κ3) is 44.0. The van der Waals surface area contributed by atoms with Gasteiger partial charge in [0.05, 0.1) is 70.1 Å². The summed E-state index contributed by atoms with van der Waals surface area (Å²) in [5.74, 6) is 11.7. The number of H-pyrrole nitrogens is 3. The van der Waals surface area contributed by atoms with Crippen molar-refractivity contribution in [1.82, 2.24) is 151 Å². The Morgan fingerprint density at radius 2 is 1.17 bits per heavy atom. The Balaban J connectivity index is 0.000000234. The van der Waals surface area contributed by atoms with Gasteiger partial charge in [-0.1, -0.05) is 58.8 Å². The molecule has 0 amide bonds. The number of aliphatic imine (C=N–C) groups is 1. The van der Waals surface area contributed by atoms with E-state index in [9.17, 15) is 4.79 Å².